The van der Waals surface area contributed by atoms with E-state index in [4.69, 9.17) is 4.74 Å². The number of methoxy groups -OCH3 is 1. The van der Waals surface area contributed by atoms with Crippen molar-refractivity contribution in [1.29, 1.82) is 0 Å². The molecule has 25 heavy (non-hydrogen) atoms. The highest BCUT2D eigenvalue weighted by Gasteiger charge is 2.29. The number of quaternary nitrogens is 1. The number of benzene rings is 1. The molecule has 0 aliphatic carbocycles. The van der Waals surface area contributed by atoms with Crippen molar-refractivity contribution >= 4 is 60.4 Å². The summed E-state index contributed by atoms with van der Waals surface area (Å²) in [6.07, 6.45) is 2.34. The molecule has 0 bridgehead atoms. The van der Waals surface area contributed by atoms with Gasteiger partial charge < -0.3 is 14.7 Å². The predicted molar refractivity (Wildman–Crippen MR) is 103 cm³/mol. The van der Waals surface area contributed by atoms with Gasteiger partial charge in [0, 0.05) is 21.6 Å². The van der Waals surface area contributed by atoms with Crippen molar-refractivity contribution in [1.82, 2.24) is 0 Å². The fraction of sp³-hybridized carbons (Fsp3) is 0.294. The number of aliphatic imine (C=N–C) groups is 1. The fourth-order valence-electron chi connectivity index (χ4n) is 2.81. The SMILES string of the molecule is COC(=O)c1c(N=Cc2cc(Br)cc(Br)c2[O-])sc2c1CC[NH+](C)C2. The lowest BCUT2D eigenvalue weighted by molar-refractivity contribution is -0.895. The maximum Gasteiger partial charge on any atom is 0.341 e. The highest BCUT2D eigenvalue weighted by molar-refractivity contribution is 9.11. The number of nitrogens with one attached hydrogen (secondary N) is 1. The first-order valence-electron chi connectivity index (χ1n) is 7.65. The van der Waals surface area contributed by atoms with Crippen LogP contribution in [0.2, 0.25) is 0 Å². The van der Waals surface area contributed by atoms with E-state index in [2.05, 4.69) is 43.9 Å². The Hall–Kier alpha value is -1.22. The van der Waals surface area contributed by atoms with Crippen LogP contribution >= 0.6 is 43.2 Å². The molecule has 0 saturated carbocycles. The van der Waals surface area contributed by atoms with Crippen LogP contribution < -0.4 is 10.0 Å². The van der Waals surface area contributed by atoms with Crippen LogP contribution in [-0.4, -0.2) is 32.9 Å². The van der Waals surface area contributed by atoms with Gasteiger partial charge in [-0.2, -0.15) is 0 Å². The average Bonchev–Trinajstić information content (AvgIpc) is 2.93. The predicted octanol–water partition coefficient (Wildman–Crippen LogP) is 2.45. The Bertz CT molecular complexity index is 864. The van der Waals surface area contributed by atoms with Gasteiger partial charge in [-0.3, -0.25) is 0 Å². The largest absolute Gasteiger partial charge is 0.871 e. The summed E-state index contributed by atoms with van der Waals surface area (Å²) in [6.45, 7) is 1.84. The fourth-order valence-corrected chi connectivity index (χ4v) is 5.37. The van der Waals surface area contributed by atoms with Gasteiger partial charge in [-0.25, -0.2) is 9.79 Å². The van der Waals surface area contributed by atoms with Gasteiger partial charge in [0.25, 0.3) is 0 Å². The van der Waals surface area contributed by atoms with Gasteiger partial charge in [-0.05, 0) is 23.3 Å². The van der Waals surface area contributed by atoms with Gasteiger partial charge in [0.15, 0.2) is 0 Å². The van der Waals surface area contributed by atoms with Gasteiger partial charge in [-0.15, -0.1) is 11.3 Å². The Labute approximate surface area is 166 Å². The molecule has 2 heterocycles. The number of hydrogen-bond acceptors (Lipinski definition) is 5. The topological polar surface area (TPSA) is 66.2 Å². The molecule has 8 heteroatoms. The third kappa shape index (κ3) is 3.81. The van der Waals surface area contributed by atoms with E-state index in [9.17, 15) is 9.90 Å². The summed E-state index contributed by atoms with van der Waals surface area (Å²) in [6, 6.07) is 3.40. The molecule has 5 nitrogen and oxygen atoms in total. The third-order valence-corrected chi connectivity index (χ3v) is 6.27. The Morgan fingerprint density at radius 1 is 1.44 bits per heavy atom. The number of thiophene rings is 1. The molecule has 1 N–H and O–H groups in total. The minimum absolute atomic E-state index is 0.142. The molecule has 1 atom stereocenters. The third-order valence-electron chi connectivity index (χ3n) is 4.08. The number of halogens is 2. The van der Waals surface area contributed by atoms with Crippen LogP contribution in [0.15, 0.2) is 26.1 Å². The monoisotopic (exact) mass is 486 g/mol. The Morgan fingerprint density at radius 3 is 2.92 bits per heavy atom. The maximum atomic E-state index is 12.3. The molecule has 0 radical (unpaired) electrons. The van der Waals surface area contributed by atoms with Crippen molar-refractivity contribution in [2.45, 2.75) is 13.0 Å². The quantitative estimate of drug-likeness (QED) is 0.534. The highest BCUT2D eigenvalue weighted by atomic mass is 79.9. The van der Waals surface area contributed by atoms with E-state index >= 15 is 0 Å². The van der Waals surface area contributed by atoms with Gasteiger partial charge in [0.05, 0.1) is 25.6 Å². The lowest BCUT2D eigenvalue weighted by atomic mass is 10.0. The summed E-state index contributed by atoms with van der Waals surface area (Å²) < 4.78 is 6.20. The van der Waals surface area contributed by atoms with E-state index in [0.717, 1.165) is 34.4 Å². The summed E-state index contributed by atoms with van der Waals surface area (Å²) in [7, 11) is 3.51. The molecule has 0 spiro atoms. The van der Waals surface area contributed by atoms with E-state index in [1.54, 1.807) is 12.1 Å². The molecule has 2 aromatic rings. The minimum atomic E-state index is -0.373. The molecule has 132 valence electrons. The normalized spacial score (nSPS) is 16.9. The van der Waals surface area contributed by atoms with Crippen LogP contribution in [0.4, 0.5) is 5.00 Å². The first-order chi connectivity index (χ1) is 11.9. The van der Waals surface area contributed by atoms with Gasteiger partial charge in [0.2, 0.25) is 0 Å². The van der Waals surface area contributed by atoms with Crippen molar-refractivity contribution in [3.63, 3.8) is 0 Å². The van der Waals surface area contributed by atoms with E-state index in [1.165, 1.54) is 29.6 Å². The lowest BCUT2D eigenvalue weighted by Crippen LogP contribution is -3.08. The molecule has 1 aliphatic rings. The van der Waals surface area contributed by atoms with Crippen molar-refractivity contribution < 1.29 is 19.5 Å². The number of carbonyl (C=O) groups is 1. The van der Waals surface area contributed by atoms with Crippen molar-refractivity contribution in [2.75, 3.05) is 20.7 Å². The van der Waals surface area contributed by atoms with Gasteiger partial charge >= 0.3 is 5.97 Å². The Kier molecular flexibility index (Phi) is 5.62. The zero-order chi connectivity index (χ0) is 18.1. The number of rotatable bonds is 3. The number of nitrogens with zero attached hydrogens (tertiary/aromatic N) is 1. The smallest absolute Gasteiger partial charge is 0.341 e. The Morgan fingerprint density at radius 2 is 2.20 bits per heavy atom. The zero-order valence-corrected chi connectivity index (χ0v) is 17.7. The molecule has 0 fully saturated rings. The zero-order valence-electron chi connectivity index (χ0n) is 13.7. The second kappa shape index (κ2) is 7.57. The molecule has 1 aromatic carbocycles. The summed E-state index contributed by atoms with van der Waals surface area (Å²) in [5, 5.41) is 12.8. The van der Waals surface area contributed by atoms with Gasteiger partial charge in [0.1, 0.15) is 17.1 Å². The number of hydrogen-bond donors (Lipinski definition) is 1. The second-order valence-corrected chi connectivity index (χ2v) is 8.73. The van der Waals surface area contributed by atoms with Crippen LogP contribution in [0, 0.1) is 0 Å². The molecule has 1 unspecified atom stereocenters. The van der Waals surface area contributed by atoms with E-state index in [1.807, 2.05) is 0 Å². The average molecular weight is 488 g/mol. The van der Waals surface area contributed by atoms with E-state index in [0.29, 0.717) is 20.6 Å². The standard InChI is InChI=1S/C17H16Br2N2O3S/c1-21-4-3-11-13(8-21)25-16(14(11)17(23)24-2)20-7-9-5-10(18)6-12(19)15(9)22/h5-7,22H,3-4,8H2,1-2H3. The number of ether oxygens (including phenoxy) is 1. The van der Waals surface area contributed by atoms with Crippen LogP contribution in [0.25, 0.3) is 0 Å². The molecule has 0 saturated heterocycles. The van der Waals surface area contributed by atoms with Crippen molar-refractivity contribution in [3.8, 4) is 5.75 Å². The highest BCUT2D eigenvalue weighted by Crippen LogP contribution is 2.37. The van der Waals surface area contributed by atoms with Gasteiger partial charge in [-0.1, -0.05) is 37.6 Å². The first-order valence-corrected chi connectivity index (χ1v) is 10.0. The summed E-state index contributed by atoms with van der Waals surface area (Å²) in [4.78, 5) is 19.3. The van der Waals surface area contributed by atoms with Crippen molar-refractivity contribution in [3.05, 3.63) is 42.6 Å². The van der Waals surface area contributed by atoms with Crippen molar-refractivity contribution in [2.24, 2.45) is 4.99 Å². The number of fused-ring (bicyclic) bond motifs is 1. The summed E-state index contributed by atoms with van der Waals surface area (Å²) in [5.41, 5.74) is 2.02. The minimum Gasteiger partial charge on any atom is -0.871 e. The van der Waals surface area contributed by atoms with E-state index in [-0.39, 0.29) is 11.7 Å². The number of esters is 1. The van der Waals surface area contributed by atoms with E-state index < -0.39 is 0 Å². The Balaban J connectivity index is 2.04. The number of carbonyl (C=O) groups excluding carboxylic acids is 1. The summed E-state index contributed by atoms with van der Waals surface area (Å²) >= 11 is 8.11. The molecular formula is C17H16Br2N2O3S. The molecule has 1 aliphatic heterocycles. The maximum absolute atomic E-state index is 12.3. The molecular weight excluding hydrogens is 472 g/mol. The molecule has 3 rings (SSSR count). The van der Waals surface area contributed by atoms with Crippen LogP contribution in [0.3, 0.4) is 0 Å². The summed E-state index contributed by atoms with van der Waals surface area (Å²) in [5.74, 6) is -0.515. The number of likely N-dealkylation sites (N-methyl/N-ethyl adjacent to an activating group) is 1. The molecule has 1 aromatic heterocycles. The first kappa shape index (κ1) is 18.6. The lowest BCUT2D eigenvalue weighted by Gasteiger charge is -2.19. The van der Waals surface area contributed by atoms with Crippen LogP contribution in [0.1, 0.15) is 26.4 Å². The molecule has 0 amide bonds. The van der Waals surface area contributed by atoms with Crippen LogP contribution in [0.5, 0.6) is 5.75 Å². The second-order valence-electron chi connectivity index (χ2n) is 5.87. The van der Waals surface area contributed by atoms with Crippen LogP contribution in [-0.2, 0) is 17.7 Å².